The Kier molecular flexibility index (Phi) is 6.20. The zero-order chi connectivity index (χ0) is 14.4. The number of rotatable bonds is 5. The highest BCUT2D eigenvalue weighted by molar-refractivity contribution is 7.99. The monoisotopic (exact) mass is 313 g/mol. The van der Waals surface area contributed by atoms with Gasteiger partial charge in [0.15, 0.2) is 0 Å². The zero-order valence-corrected chi connectivity index (χ0v) is 12.9. The molecule has 0 radical (unpaired) electrons. The van der Waals surface area contributed by atoms with E-state index in [1.165, 1.54) is 0 Å². The second-order valence-electron chi connectivity index (χ2n) is 5.05. The van der Waals surface area contributed by atoms with Crippen molar-refractivity contribution < 1.29 is 9.90 Å². The summed E-state index contributed by atoms with van der Waals surface area (Å²) in [6, 6.07) is 7.57. The summed E-state index contributed by atoms with van der Waals surface area (Å²) in [4.78, 5) is 12.9. The van der Waals surface area contributed by atoms with Crippen LogP contribution in [0.25, 0.3) is 0 Å². The maximum atomic E-state index is 11.9. The Hall–Kier alpha value is -0.710. The summed E-state index contributed by atoms with van der Waals surface area (Å²) in [5, 5.41) is 13.5. The molecule has 2 atom stereocenters. The van der Waals surface area contributed by atoms with E-state index in [-0.39, 0.29) is 18.1 Å². The number of halogens is 1. The molecule has 2 N–H and O–H groups in total. The fraction of sp³-hybridized carbons (Fsp3) is 0.533. The van der Waals surface area contributed by atoms with Crippen molar-refractivity contribution in [3.8, 4) is 0 Å². The molecule has 1 aromatic carbocycles. The average molecular weight is 314 g/mol. The van der Waals surface area contributed by atoms with E-state index in [0.29, 0.717) is 12.2 Å². The number of carbonyl (C=O) groups is 1. The summed E-state index contributed by atoms with van der Waals surface area (Å²) >= 11 is 7.64. The van der Waals surface area contributed by atoms with Crippen LogP contribution in [0.4, 0.5) is 0 Å². The van der Waals surface area contributed by atoms with Gasteiger partial charge in [-0.2, -0.15) is 0 Å². The van der Waals surface area contributed by atoms with Gasteiger partial charge in [-0.05, 0) is 25.0 Å². The van der Waals surface area contributed by atoms with Gasteiger partial charge in [0.1, 0.15) is 0 Å². The van der Waals surface area contributed by atoms with Crippen LogP contribution in [-0.4, -0.2) is 28.9 Å². The van der Waals surface area contributed by atoms with Crippen molar-refractivity contribution in [3.05, 3.63) is 29.3 Å². The fourth-order valence-electron chi connectivity index (χ4n) is 2.37. The lowest BCUT2D eigenvalue weighted by Gasteiger charge is -2.28. The molecule has 5 heteroatoms. The smallest absolute Gasteiger partial charge is 0.221 e. The largest absolute Gasteiger partial charge is 0.391 e. The number of thioether (sulfide) groups is 1. The number of nitrogens with one attached hydrogen (secondary N) is 1. The average Bonchev–Trinajstić information content (AvgIpc) is 2.43. The molecular formula is C15H20ClNO2S. The van der Waals surface area contributed by atoms with Crippen LogP contribution in [0.3, 0.4) is 0 Å². The summed E-state index contributed by atoms with van der Waals surface area (Å²) < 4.78 is 0. The fourth-order valence-corrected chi connectivity index (χ4v) is 3.56. The van der Waals surface area contributed by atoms with Crippen molar-refractivity contribution in [3.63, 3.8) is 0 Å². The first kappa shape index (κ1) is 15.7. The van der Waals surface area contributed by atoms with Gasteiger partial charge in [0.25, 0.3) is 0 Å². The Morgan fingerprint density at radius 3 is 2.85 bits per heavy atom. The maximum absolute atomic E-state index is 11.9. The van der Waals surface area contributed by atoms with Crippen molar-refractivity contribution in [1.82, 2.24) is 5.32 Å². The van der Waals surface area contributed by atoms with Gasteiger partial charge in [0.05, 0.1) is 17.2 Å². The van der Waals surface area contributed by atoms with Crippen LogP contribution in [0.15, 0.2) is 29.2 Å². The second kappa shape index (κ2) is 7.91. The molecule has 0 unspecified atom stereocenters. The Morgan fingerprint density at radius 1 is 1.35 bits per heavy atom. The lowest BCUT2D eigenvalue weighted by Crippen LogP contribution is -2.45. The van der Waals surface area contributed by atoms with Gasteiger partial charge in [0, 0.05) is 17.1 Å². The highest BCUT2D eigenvalue weighted by Crippen LogP contribution is 2.27. The van der Waals surface area contributed by atoms with E-state index in [9.17, 15) is 9.90 Å². The molecule has 1 aromatic rings. The Labute approximate surface area is 129 Å². The van der Waals surface area contributed by atoms with Gasteiger partial charge >= 0.3 is 0 Å². The third-order valence-electron chi connectivity index (χ3n) is 3.50. The molecule has 0 aromatic heterocycles. The number of carbonyl (C=O) groups excluding carboxylic acids is 1. The minimum Gasteiger partial charge on any atom is -0.391 e. The van der Waals surface area contributed by atoms with Gasteiger partial charge in [-0.15, -0.1) is 11.8 Å². The Morgan fingerprint density at radius 2 is 2.10 bits per heavy atom. The van der Waals surface area contributed by atoms with Gasteiger partial charge in [-0.1, -0.05) is 36.6 Å². The number of aliphatic hydroxyl groups excluding tert-OH is 1. The number of hydrogen-bond acceptors (Lipinski definition) is 3. The minimum atomic E-state index is -0.385. The number of amides is 1. The lowest BCUT2D eigenvalue weighted by atomic mass is 9.92. The molecule has 1 saturated carbocycles. The van der Waals surface area contributed by atoms with Crippen molar-refractivity contribution in [2.75, 3.05) is 5.75 Å². The van der Waals surface area contributed by atoms with Crippen LogP contribution in [0, 0.1) is 0 Å². The first-order valence-corrected chi connectivity index (χ1v) is 8.38. The van der Waals surface area contributed by atoms with Gasteiger partial charge in [-0.25, -0.2) is 0 Å². The molecule has 20 heavy (non-hydrogen) atoms. The first-order valence-electron chi connectivity index (χ1n) is 7.01. The van der Waals surface area contributed by atoms with Crippen LogP contribution in [-0.2, 0) is 4.79 Å². The standard InChI is InChI=1S/C15H20ClNO2S/c16-11-5-1-4-8-14(11)20-10-9-15(19)17-12-6-2-3-7-13(12)18/h1,4-5,8,12-13,18H,2-3,6-7,9-10H2,(H,17,19)/t12-,13-/m0/s1. The third kappa shape index (κ3) is 4.69. The summed E-state index contributed by atoms with van der Waals surface area (Å²) in [5.41, 5.74) is 0. The molecule has 3 nitrogen and oxygen atoms in total. The van der Waals surface area contributed by atoms with Crippen LogP contribution in [0.2, 0.25) is 5.02 Å². The summed E-state index contributed by atoms with van der Waals surface area (Å²) in [6.07, 6.45) is 3.86. The maximum Gasteiger partial charge on any atom is 0.221 e. The summed E-state index contributed by atoms with van der Waals surface area (Å²) in [7, 11) is 0. The van der Waals surface area contributed by atoms with E-state index in [0.717, 1.165) is 35.6 Å². The van der Waals surface area contributed by atoms with Gasteiger partial charge < -0.3 is 10.4 Å². The highest BCUT2D eigenvalue weighted by Gasteiger charge is 2.24. The van der Waals surface area contributed by atoms with Gasteiger partial charge in [0.2, 0.25) is 5.91 Å². The Bertz CT molecular complexity index is 455. The number of aliphatic hydroxyl groups is 1. The van der Waals surface area contributed by atoms with Crippen molar-refractivity contribution in [2.45, 2.75) is 49.1 Å². The molecule has 0 aliphatic heterocycles. The van der Waals surface area contributed by atoms with Crippen molar-refractivity contribution in [1.29, 1.82) is 0 Å². The van der Waals surface area contributed by atoms with Crippen LogP contribution >= 0.6 is 23.4 Å². The van der Waals surface area contributed by atoms with Crippen LogP contribution in [0.1, 0.15) is 32.1 Å². The predicted octanol–water partition coefficient (Wildman–Crippen LogP) is 3.24. The third-order valence-corrected chi connectivity index (χ3v) is 5.02. The number of hydrogen-bond donors (Lipinski definition) is 2. The van der Waals surface area contributed by atoms with Crippen LogP contribution in [0.5, 0.6) is 0 Å². The molecule has 0 heterocycles. The molecular weight excluding hydrogens is 294 g/mol. The van der Waals surface area contributed by atoms with E-state index < -0.39 is 0 Å². The molecule has 1 amide bonds. The molecule has 2 rings (SSSR count). The van der Waals surface area contributed by atoms with Gasteiger partial charge in [-0.3, -0.25) is 4.79 Å². The second-order valence-corrected chi connectivity index (χ2v) is 6.60. The normalized spacial score (nSPS) is 22.5. The highest BCUT2D eigenvalue weighted by atomic mass is 35.5. The molecule has 1 aliphatic carbocycles. The van der Waals surface area contributed by atoms with E-state index in [1.54, 1.807) is 11.8 Å². The molecule has 0 saturated heterocycles. The van der Waals surface area contributed by atoms with E-state index in [2.05, 4.69) is 5.32 Å². The van der Waals surface area contributed by atoms with E-state index in [4.69, 9.17) is 11.6 Å². The zero-order valence-electron chi connectivity index (χ0n) is 11.3. The van der Waals surface area contributed by atoms with Crippen molar-refractivity contribution in [2.24, 2.45) is 0 Å². The SMILES string of the molecule is O=C(CCSc1ccccc1Cl)N[C@H]1CCCC[C@@H]1O. The Balaban J connectivity index is 1.71. The minimum absolute atomic E-state index is 0.00973. The molecule has 0 bridgehead atoms. The first-order chi connectivity index (χ1) is 9.66. The number of benzene rings is 1. The quantitative estimate of drug-likeness (QED) is 0.820. The molecule has 0 spiro atoms. The van der Waals surface area contributed by atoms with E-state index in [1.807, 2.05) is 24.3 Å². The summed E-state index contributed by atoms with van der Waals surface area (Å²) in [5.74, 6) is 0.703. The topological polar surface area (TPSA) is 49.3 Å². The van der Waals surface area contributed by atoms with E-state index >= 15 is 0 Å². The lowest BCUT2D eigenvalue weighted by molar-refractivity contribution is -0.122. The van der Waals surface area contributed by atoms with Crippen LogP contribution < -0.4 is 5.32 Å². The predicted molar refractivity (Wildman–Crippen MR) is 83.2 cm³/mol. The molecule has 1 aliphatic rings. The molecule has 1 fully saturated rings. The molecule has 110 valence electrons. The van der Waals surface area contributed by atoms with Crippen molar-refractivity contribution >= 4 is 29.3 Å². The summed E-state index contributed by atoms with van der Waals surface area (Å²) in [6.45, 7) is 0.